The van der Waals surface area contributed by atoms with E-state index in [-0.39, 0.29) is 30.5 Å². The number of rotatable bonds is 5. The number of ether oxygens (including phenoxy) is 1. The SMILES string of the molecule is COc1ccc(CN(C)C(=O)c2ccc(CN)o2)cc1F. The lowest BCUT2D eigenvalue weighted by Crippen LogP contribution is -2.25. The van der Waals surface area contributed by atoms with Crippen molar-refractivity contribution in [1.82, 2.24) is 4.90 Å². The molecule has 112 valence electrons. The first-order chi connectivity index (χ1) is 10.0. The summed E-state index contributed by atoms with van der Waals surface area (Å²) in [4.78, 5) is 13.6. The van der Waals surface area contributed by atoms with Gasteiger partial charge in [-0.2, -0.15) is 0 Å². The van der Waals surface area contributed by atoms with Crippen molar-refractivity contribution in [3.05, 3.63) is 53.2 Å². The van der Waals surface area contributed by atoms with Crippen LogP contribution in [0.4, 0.5) is 4.39 Å². The van der Waals surface area contributed by atoms with E-state index in [1.807, 2.05) is 0 Å². The minimum atomic E-state index is -0.459. The van der Waals surface area contributed by atoms with Gasteiger partial charge in [0.05, 0.1) is 13.7 Å². The summed E-state index contributed by atoms with van der Waals surface area (Å²) in [5, 5.41) is 0. The Bertz CT molecular complexity index is 640. The van der Waals surface area contributed by atoms with Crippen molar-refractivity contribution in [2.75, 3.05) is 14.2 Å². The van der Waals surface area contributed by atoms with Crippen molar-refractivity contribution < 1.29 is 18.3 Å². The fourth-order valence-electron chi connectivity index (χ4n) is 1.94. The predicted molar refractivity (Wildman–Crippen MR) is 75.3 cm³/mol. The highest BCUT2D eigenvalue weighted by atomic mass is 19.1. The van der Waals surface area contributed by atoms with Gasteiger partial charge in [-0.05, 0) is 29.8 Å². The molecule has 0 aliphatic carbocycles. The number of furan rings is 1. The Morgan fingerprint density at radius 1 is 1.38 bits per heavy atom. The van der Waals surface area contributed by atoms with Gasteiger partial charge in [0.2, 0.25) is 0 Å². The normalized spacial score (nSPS) is 10.5. The van der Waals surface area contributed by atoms with Crippen LogP contribution in [0.2, 0.25) is 0 Å². The highest BCUT2D eigenvalue weighted by molar-refractivity contribution is 5.91. The average molecular weight is 292 g/mol. The van der Waals surface area contributed by atoms with Crippen LogP contribution in [-0.2, 0) is 13.1 Å². The van der Waals surface area contributed by atoms with Gasteiger partial charge in [-0.3, -0.25) is 4.79 Å². The van der Waals surface area contributed by atoms with E-state index in [0.29, 0.717) is 11.3 Å². The zero-order valence-corrected chi connectivity index (χ0v) is 11.9. The second-order valence-electron chi connectivity index (χ2n) is 4.60. The van der Waals surface area contributed by atoms with Crippen LogP contribution < -0.4 is 10.5 Å². The maximum absolute atomic E-state index is 13.6. The van der Waals surface area contributed by atoms with Crippen molar-refractivity contribution in [3.63, 3.8) is 0 Å². The molecule has 0 aliphatic rings. The van der Waals surface area contributed by atoms with Gasteiger partial charge in [-0.1, -0.05) is 6.07 Å². The monoisotopic (exact) mass is 292 g/mol. The van der Waals surface area contributed by atoms with Crippen molar-refractivity contribution in [2.24, 2.45) is 5.73 Å². The molecule has 0 fully saturated rings. The molecule has 1 aromatic carbocycles. The number of nitrogens with two attached hydrogens (primary N) is 1. The van der Waals surface area contributed by atoms with E-state index in [0.717, 1.165) is 0 Å². The van der Waals surface area contributed by atoms with Crippen molar-refractivity contribution >= 4 is 5.91 Å². The lowest BCUT2D eigenvalue weighted by atomic mass is 10.2. The molecular weight excluding hydrogens is 275 g/mol. The van der Waals surface area contributed by atoms with Crippen LogP contribution in [0.1, 0.15) is 21.9 Å². The Labute approximate surface area is 122 Å². The number of methoxy groups -OCH3 is 1. The molecule has 0 radical (unpaired) electrons. The Hall–Kier alpha value is -2.34. The molecule has 0 aliphatic heterocycles. The molecule has 5 nitrogen and oxygen atoms in total. The fraction of sp³-hybridized carbons (Fsp3) is 0.267. The molecule has 6 heteroatoms. The summed E-state index contributed by atoms with van der Waals surface area (Å²) in [5.74, 6) is 0.186. The molecule has 2 rings (SSSR count). The van der Waals surface area contributed by atoms with Gasteiger partial charge >= 0.3 is 0 Å². The molecule has 2 aromatic rings. The summed E-state index contributed by atoms with van der Waals surface area (Å²) in [5.41, 5.74) is 6.10. The Morgan fingerprint density at radius 3 is 2.71 bits per heavy atom. The van der Waals surface area contributed by atoms with E-state index in [1.165, 1.54) is 24.1 Å². The van der Waals surface area contributed by atoms with E-state index >= 15 is 0 Å². The lowest BCUT2D eigenvalue weighted by molar-refractivity contribution is 0.0751. The third-order valence-electron chi connectivity index (χ3n) is 3.06. The van der Waals surface area contributed by atoms with E-state index in [9.17, 15) is 9.18 Å². The largest absolute Gasteiger partial charge is 0.494 e. The smallest absolute Gasteiger partial charge is 0.289 e. The molecule has 0 atom stereocenters. The minimum absolute atomic E-state index is 0.173. The van der Waals surface area contributed by atoms with E-state index in [2.05, 4.69) is 0 Å². The van der Waals surface area contributed by atoms with Crippen molar-refractivity contribution in [3.8, 4) is 5.75 Å². The Morgan fingerprint density at radius 2 is 2.14 bits per heavy atom. The van der Waals surface area contributed by atoms with E-state index in [4.69, 9.17) is 14.9 Å². The summed E-state index contributed by atoms with van der Waals surface area (Å²) in [7, 11) is 3.02. The van der Waals surface area contributed by atoms with Gasteiger partial charge in [-0.15, -0.1) is 0 Å². The summed E-state index contributed by atoms with van der Waals surface area (Å²) in [6, 6.07) is 7.82. The summed E-state index contributed by atoms with van der Waals surface area (Å²) in [6.07, 6.45) is 0. The van der Waals surface area contributed by atoms with E-state index < -0.39 is 5.82 Å². The standard InChI is InChI=1S/C15H17FN2O3/c1-18(15(19)14-6-4-11(8-17)21-14)9-10-3-5-13(20-2)12(16)7-10/h3-7H,8-9,17H2,1-2H3. The van der Waals surface area contributed by atoms with Crippen molar-refractivity contribution in [2.45, 2.75) is 13.1 Å². The number of carbonyl (C=O) groups is 1. The molecule has 0 unspecified atom stereocenters. The van der Waals surface area contributed by atoms with Gasteiger partial charge in [-0.25, -0.2) is 4.39 Å². The molecule has 0 spiro atoms. The minimum Gasteiger partial charge on any atom is -0.494 e. The van der Waals surface area contributed by atoms with Gasteiger partial charge < -0.3 is 19.8 Å². The van der Waals surface area contributed by atoms with Crippen molar-refractivity contribution in [1.29, 1.82) is 0 Å². The number of benzene rings is 1. The number of nitrogens with zero attached hydrogens (tertiary/aromatic N) is 1. The molecule has 0 bridgehead atoms. The fourth-order valence-corrected chi connectivity index (χ4v) is 1.94. The summed E-state index contributed by atoms with van der Waals surface area (Å²) >= 11 is 0. The lowest BCUT2D eigenvalue weighted by Gasteiger charge is -2.16. The van der Waals surface area contributed by atoms with Crippen LogP contribution in [-0.4, -0.2) is 25.0 Å². The van der Waals surface area contributed by atoms with Gasteiger partial charge in [0.15, 0.2) is 17.3 Å². The third kappa shape index (κ3) is 3.41. The zero-order chi connectivity index (χ0) is 15.4. The summed E-state index contributed by atoms with van der Waals surface area (Å²) in [6.45, 7) is 0.499. The quantitative estimate of drug-likeness (QED) is 0.917. The molecule has 1 amide bonds. The molecule has 1 aromatic heterocycles. The number of hydrogen-bond donors (Lipinski definition) is 1. The van der Waals surface area contributed by atoms with Gasteiger partial charge in [0.25, 0.3) is 5.91 Å². The molecule has 1 heterocycles. The van der Waals surface area contributed by atoms with Crippen LogP contribution in [0.15, 0.2) is 34.7 Å². The predicted octanol–water partition coefficient (Wildman–Crippen LogP) is 2.16. The van der Waals surface area contributed by atoms with Crippen LogP contribution in [0.25, 0.3) is 0 Å². The average Bonchev–Trinajstić information content (AvgIpc) is 2.95. The molecule has 21 heavy (non-hydrogen) atoms. The second-order valence-corrected chi connectivity index (χ2v) is 4.60. The second kappa shape index (κ2) is 6.41. The highest BCUT2D eigenvalue weighted by Crippen LogP contribution is 2.19. The van der Waals surface area contributed by atoms with Crippen LogP contribution in [0.3, 0.4) is 0 Å². The number of amides is 1. The number of halogens is 1. The molecule has 0 saturated heterocycles. The van der Waals surface area contributed by atoms with Gasteiger partial charge in [0.1, 0.15) is 5.76 Å². The highest BCUT2D eigenvalue weighted by Gasteiger charge is 2.16. The first kappa shape index (κ1) is 15.1. The Balaban J connectivity index is 2.08. The zero-order valence-electron chi connectivity index (χ0n) is 11.9. The Kier molecular flexibility index (Phi) is 4.59. The van der Waals surface area contributed by atoms with Gasteiger partial charge in [0, 0.05) is 13.6 Å². The topological polar surface area (TPSA) is 68.7 Å². The molecular formula is C15H17FN2O3. The van der Waals surface area contributed by atoms with Crippen LogP contribution >= 0.6 is 0 Å². The van der Waals surface area contributed by atoms with Crippen LogP contribution in [0.5, 0.6) is 5.75 Å². The molecule has 0 saturated carbocycles. The summed E-state index contributed by atoms with van der Waals surface area (Å²) < 4.78 is 23.8. The first-order valence-corrected chi connectivity index (χ1v) is 6.41. The van der Waals surface area contributed by atoms with Crippen LogP contribution in [0, 0.1) is 5.82 Å². The number of carbonyl (C=O) groups excluding carboxylic acids is 1. The first-order valence-electron chi connectivity index (χ1n) is 6.41. The maximum Gasteiger partial charge on any atom is 0.289 e. The molecule has 2 N–H and O–H groups in total. The maximum atomic E-state index is 13.6. The number of hydrogen-bond acceptors (Lipinski definition) is 4. The third-order valence-corrected chi connectivity index (χ3v) is 3.06. The van der Waals surface area contributed by atoms with E-state index in [1.54, 1.807) is 25.2 Å².